The second-order valence-corrected chi connectivity index (χ2v) is 7.15. The Morgan fingerprint density at radius 1 is 1.06 bits per heavy atom. The number of aryl methyl sites for hydroxylation is 1. The van der Waals surface area contributed by atoms with E-state index in [0.29, 0.717) is 19.1 Å². The van der Waals surface area contributed by atoms with E-state index in [-0.39, 0.29) is 29.7 Å². The standard InChI is InChI=1S/C21H21F6NO4/c1-3-4-13-9-15(19(20(22,23)24,21(25,26)27)31-12-29-2)6-7-16(13)32-18-8-5-14(10-28-18)17-11-30-17/h5-10,17H,3-4,11-12H2,1-2H3. The smallest absolute Gasteiger partial charge is 0.430 e. The van der Waals surface area contributed by atoms with Gasteiger partial charge in [-0.15, -0.1) is 0 Å². The molecule has 2 heterocycles. The second kappa shape index (κ2) is 9.24. The van der Waals surface area contributed by atoms with E-state index in [1.165, 1.54) is 6.20 Å². The highest BCUT2D eigenvalue weighted by Gasteiger charge is 2.73. The molecule has 0 bridgehead atoms. The van der Waals surface area contributed by atoms with Gasteiger partial charge in [0.05, 0.1) is 6.61 Å². The van der Waals surface area contributed by atoms with Gasteiger partial charge < -0.3 is 18.9 Å². The summed E-state index contributed by atoms with van der Waals surface area (Å²) in [6.07, 6.45) is -9.44. The van der Waals surface area contributed by atoms with Crippen molar-refractivity contribution in [3.63, 3.8) is 0 Å². The fraction of sp³-hybridized carbons (Fsp3) is 0.476. The lowest BCUT2D eigenvalue weighted by Crippen LogP contribution is -2.56. The van der Waals surface area contributed by atoms with Gasteiger partial charge >= 0.3 is 12.4 Å². The third kappa shape index (κ3) is 4.84. The Morgan fingerprint density at radius 2 is 1.75 bits per heavy atom. The lowest BCUT2D eigenvalue weighted by molar-refractivity contribution is -0.400. The average Bonchev–Trinajstić information content (AvgIpc) is 3.54. The van der Waals surface area contributed by atoms with Crippen LogP contribution in [0, 0.1) is 0 Å². The highest BCUT2D eigenvalue weighted by atomic mass is 19.4. The van der Waals surface area contributed by atoms with Crippen LogP contribution >= 0.6 is 0 Å². The van der Waals surface area contributed by atoms with Gasteiger partial charge in [0, 0.05) is 30.5 Å². The van der Waals surface area contributed by atoms with Gasteiger partial charge in [0.15, 0.2) is 0 Å². The number of epoxide rings is 1. The minimum Gasteiger partial charge on any atom is -0.439 e. The lowest BCUT2D eigenvalue weighted by atomic mass is 9.89. The average molecular weight is 465 g/mol. The van der Waals surface area contributed by atoms with Crippen LogP contribution in [0.15, 0.2) is 36.5 Å². The molecule has 0 aliphatic carbocycles. The van der Waals surface area contributed by atoms with Crippen LogP contribution in [0.1, 0.15) is 36.1 Å². The summed E-state index contributed by atoms with van der Waals surface area (Å²) in [4.78, 5) is 4.12. The Bertz CT molecular complexity index is 896. The van der Waals surface area contributed by atoms with Crippen LogP contribution in [0.4, 0.5) is 26.3 Å². The first kappa shape index (κ1) is 24.3. The number of nitrogens with zero attached hydrogens (tertiary/aromatic N) is 1. The highest BCUT2D eigenvalue weighted by molar-refractivity contribution is 5.43. The number of methoxy groups -OCH3 is 1. The van der Waals surface area contributed by atoms with E-state index in [4.69, 9.17) is 9.47 Å². The van der Waals surface area contributed by atoms with Gasteiger partial charge in [-0.1, -0.05) is 19.4 Å². The quantitative estimate of drug-likeness (QED) is 0.265. The molecule has 1 aliphatic rings. The fourth-order valence-corrected chi connectivity index (χ4v) is 3.24. The second-order valence-electron chi connectivity index (χ2n) is 7.15. The molecule has 0 amide bonds. The van der Waals surface area contributed by atoms with Gasteiger partial charge in [0.25, 0.3) is 5.60 Å². The van der Waals surface area contributed by atoms with Crippen molar-refractivity contribution >= 4 is 0 Å². The number of alkyl halides is 6. The van der Waals surface area contributed by atoms with Crippen molar-refractivity contribution in [2.24, 2.45) is 0 Å². The zero-order valence-electron chi connectivity index (χ0n) is 17.2. The number of hydrogen-bond donors (Lipinski definition) is 0. The first-order chi connectivity index (χ1) is 15.0. The van der Waals surface area contributed by atoms with Crippen LogP contribution in [0.2, 0.25) is 0 Å². The molecule has 1 aromatic carbocycles. The van der Waals surface area contributed by atoms with Crippen molar-refractivity contribution < 1.29 is 45.3 Å². The van der Waals surface area contributed by atoms with Crippen molar-refractivity contribution in [3.05, 3.63) is 53.2 Å². The number of rotatable bonds is 9. The Balaban J connectivity index is 2.01. The van der Waals surface area contributed by atoms with E-state index in [2.05, 4.69) is 14.5 Å². The molecule has 0 N–H and O–H groups in total. The first-order valence-electron chi connectivity index (χ1n) is 9.68. The maximum absolute atomic E-state index is 13.8. The van der Waals surface area contributed by atoms with Crippen molar-refractivity contribution in [2.45, 2.75) is 43.8 Å². The van der Waals surface area contributed by atoms with Crippen molar-refractivity contribution in [1.82, 2.24) is 4.98 Å². The molecule has 176 valence electrons. The zero-order chi connectivity index (χ0) is 23.6. The predicted octanol–water partition coefficient (Wildman–Crippen LogP) is 5.84. The summed E-state index contributed by atoms with van der Waals surface area (Å²) in [7, 11) is 0.935. The molecule has 1 saturated heterocycles. The first-order valence-corrected chi connectivity index (χ1v) is 9.68. The maximum Gasteiger partial charge on any atom is 0.430 e. The molecule has 0 saturated carbocycles. The molecule has 2 aromatic rings. The van der Waals surface area contributed by atoms with E-state index in [1.807, 2.05) is 0 Å². The maximum atomic E-state index is 13.8. The van der Waals surface area contributed by atoms with Gasteiger partial charge in [-0.05, 0) is 30.2 Å². The summed E-state index contributed by atoms with van der Waals surface area (Å²) >= 11 is 0. The number of ether oxygens (including phenoxy) is 4. The molecular formula is C21H21F6NO4. The Hall–Kier alpha value is -2.37. The van der Waals surface area contributed by atoms with Crippen LogP contribution in [0.25, 0.3) is 0 Å². The summed E-state index contributed by atoms with van der Waals surface area (Å²) in [5, 5.41) is 0. The summed E-state index contributed by atoms with van der Waals surface area (Å²) in [6, 6.07) is 5.84. The van der Waals surface area contributed by atoms with Gasteiger partial charge in [-0.2, -0.15) is 26.3 Å². The van der Waals surface area contributed by atoms with Crippen LogP contribution in [-0.4, -0.2) is 37.8 Å². The lowest BCUT2D eigenvalue weighted by Gasteiger charge is -2.37. The molecule has 1 fully saturated rings. The Labute approximate surface area is 180 Å². The minimum atomic E-state index is -5.79. The number of hydrogen-bond acceptors (Lipinski definition) is 5. The fourth-order valence-electron chi connectivity index (χ4n) is 3.24. The van der Waals surface area contributed by atoms with Crippen molar-refractivity contribution in [2.75, 3.05) is 20.5 Å². The molecule has 0 radical (unpaired) electrons. The van der Waals surface area contributed by atoms with Gasteiger partial charge in [-0.25, -0.2) is 4.98 Å². The predicted molar refractivity (Wildman–Crippen MR) is 100 cm³/mol. The summed E-state index contributed by atoms with van der Waals surface area (Å²) in [5.74, 6) is 0.247. The van der Waals surface area contributed by atoms with E-state index in [0.717, 1.165) is 24.8 Å². The Kier molecular flexibility index (Phi) is 7.01. The molecule has 1 unspecified atom stereocenters. The highest BCUT2D eigenvalue weighted by Crippen LogP contribution is 2.53. The normalized spacial score (nSPS) is 16.8. The van der Waals surface area contributed by atoms with Crippen LogP contribution in [0.3, 0.4) is 0 Å². The monoisotopic (exact) mass is 465 g/mol. The topological polar surface area (TPSA) is 53.1 Å². The number of benzene rings is 1. The zero-order valence-corrected chi connectivity index (χ0v) is 17.2. The van der Waals surface area contributed by atoms with Crippen LogP contribution < -0.4 is 4.74 Å². The third-order valence-corrected chi connectivity index (χ3v) is 4.86. The third-order valence-electron chi connectivity index (χ3n) is 4.86. The van der Waals surface area contributed by atoms with E-state index < -0.39 is 30.3 Å². The SMILES string of the molecule is CCCc1cc(C(OCOC)(C(F)(F)F)C(F)(F)F)ccc1Oc1ccc(C2CO2)cn1. The molecule has 1 aromatic heterocycles. The molecule has 1 atom stereocenters. The molecule has 0 spiro atoms. The van der Waals surface area contributed by atoms with E-state index in [9.17, 15) is 26.3 Å². The molecule has 5 nitrogen and oxygen atoms in total. The van der Waals surface area contributed by atoms with Crippen LogP contribution in [-0.2, 0) is 26.2 Å². The summed E-state index contributed by atoms with van der Waals surface area (Å²) in [5.41, 5.74) is -4.67. The van der Waals surface area contributed by atoms with Gasteiger partial charge in [0.1, 0.15) is 18.6 Å². The summed E-state index contributed by atoms with van der Waals surface area (Å²) < 4.78 is 102. The number of aromatic nitrogens is 1. The molecule has 1 aliphatic heterocycles. The molecular weight excluding hydrogens is 444 g/mol. The molecule has 11 heteroatoms. The minimum absolute atomic E-state index is 0.0172. The van der Waals surface area contributed by atoms with Gasteiger partial charge in [0.2, 0.25) is 5.88 Å². The van der Waals surface area contributed by atoms with Gasteiger partial charge in [-0.3, -0.25) is 0 Å². The van der Waals surface area contributed by atoms with E-state index >= 15 is 0 Å². The molecule has 3 rings (SSSR count). The van der Waals surface area contributed by atoms with Crippen molar-refractivity contribution in [3.8, 4) is 11.6 Å². The Morgan fingerprint density at radius 3 is 2.25 bits per heavy atom. The molecule has 32 heavy (non-hydrogen) atoms. The number of halogens is 6. The van der Waals surface area contributed by atoms with Crippen LogP contribution in [0.5, 0.6) is 11.6 Å². The summed E-state index contributed by atoms with van der Waals surface area (Å²) in [6.45, 7) is 1.12. The largest absolute Gasteiger partial charge is 0.439 e. The van der Waals surface area contributed by atoms with Crippen molar-refractivity contribution in [1.29, 1.82) is 0 Å². The van der Waals surface area contributed by atoms with E-state index in [1.54, 1.807) is 19.1 Å². The number of pyridine rings is 1.